The maximum atomic E-state index is 13.4. The summed E-state index contributed by atoms with van der Waals surface area (Å²) in [5.74, 6) is -1.09. The van der Waals surface area contributed by atoms with Crippen molar-refractivity contribution < 1.29 is 13.9 Å². The second-order valence-electron chi connectivity index (χ2n) is 4.33. The minimum Gasteiger partial charge on any atom is -0.393 e. The Morgan fingerprint density at radius 3 is 2.59 bits per heavy atom. The summed E-state index contributed by atoms with van der Waals surface area (Å²) in [6.07, 6.45) is 1.23. The van der Waals surface area contributed by atoms with Crippen LogP contribution in [0.1, 0.15) is 38.3 Å². The fraction of sp³-hybridized carbons (Fsp3) is 0.538. The quantitative estimate of drug-likeness (QED) is 0.753. The number of hydrogen-bond acceptors (Lipinski definition) is 2. The number of hydrogen-bond donors (Lipinski definition) is 2. The first-order valence-corrected chi connectivity index (χ1v) is 5.87. The van der Waals surface area contributed by atoms with Gasteiger partial charge in [-0.15, -0.1) is 0 Å². The number of benzene rings is 1. The van der Waals surface area contributed by atoms with Crippen LogP contribution in [0.3, 0.4) is 0 Å². The van der Waals surface area contributed by atoms with E-state index in [9.17, 15) is 8.78 Å². The van der Waals surface area contributed by atoms with Crippen molar-refractivity contribution in [2.45, 2.75) is 38.8 Å². The van der Waals surface area contributed by atoms with Crippen molar-refractivity contribution in [3.05, 3.63) is 35.4 Å². The highest BCUT2D eigenvalue weighted by Gasteiger charge is 2.10. The minimum absolute atomic E-state index is 0.162. The molecule has 0 bridgehead atoms. The molecule has 0 saturated carbocycles. The van der Waals surface area contributed by atoms with E-state index >= 15 is 0 Å². The normalized spacial score (nSPS) is 14.6. The molecule has 2 nitrogen and oxygen atoms in total. The van der Waals surface area contributed by atoms with E-state index < -0.39 is 11.6 Å². The molecule has 17 heavy (non-hydrogen) atoms. The molecule has 1 aromatic carbocycles. The Balaban J connectivity index is 2.44. The van der Waals surface area contributed by atoms with E-state index in [-0.39, 0.29) is 12.1 Å². The molecule has 2 N–H and O–H groups in total. The summed E-state index contributed by atoms with van der Waals surface area (Å²) < 4.78 is 26.1. The van der Waals surface area contributed by atoms with Crippen LogP contribution in [0, 0.1) is 11.6 Å². The Bertz CT molecular complexity index is 355. The maximum Gasteiger partial charge on any atom is 0.130 e. The summed E-state index contributed by atoms with van der Waals surface area (Å²) in [6, 6.07) is 3.44. The fourth-order valence-corrected chi connectivity index (χ4v) is 1.68. The average molecular weight is 243 g/mol. The first-order chi connectivity index (χ1) is 8.00. The van der Waals surface area contributed by atoms with Gasteiger partial charge >= 0.3 is 0 Å². The van der Waals surface area contributed by atoms with Gasteiger partial charge in [-0.2, -0.15) is 0 Å². The maximum absolute atomic E-state index is 13.4. The molecule has 4 heteroatoms. The topological polar surface area (TPSA) is 32.3 Å². The highest BCUT2D eigenvalue weighted by Crippen LogP contribution is 2.17. The summed E-state index contributed by atoms with van der Waals surface area (Å²) in [5, 5.41) is 12.2. The van der Waals surface area contributed by atoms with Crippen molar-refractivity contribution in [1.29, 1.82) is 0 Å². The highest BCUT2D eigenvalue weighted by atomic mass is 19.1. The highest BCUT2D eigenvalue weighted by molar-refractivity contribution is 5.21. The van der Waals surface area contributed by atoms with Crippen molar-refractivity contribution >= 4 is 0 Å². The van der Waals surface area contributed by atoms with Crippen LogP contribution in [-0.4, -0.2) is 17.8 Å². The van der Waals surface area contributed by atoms with Gasteiger partial charge in [0, 0.05) is 17.7 Å². The second-order valence-corrected chi connectivity index (χ2v) is 4.33. The Morgan fingerprint density at radius 2 is 2.00 bits per heavy atom. The SMILES string of the molecule is CC(O)CCCNC(C)c1ccc(F)cc1F. The van der Waals surface area contributed by atoms with Crippen LogP contribution in [0.2, 0.25) is 0 Å². The lowest BCUT2D eigenvalue weighted by Gasteiger charge is -2.15. The third-order valence-corrected chi connectivity index (χ3v) is 2.68. The molecular formula is C13H19F2NO. The third-order valence-electron chi connectivity index (χ3n) is 2.68. The number of nitrogens with one attached hydrogen (secondary N) is 1. The van der Waals surface area contributed by atoms with Crippen LogP contribution in [0.15, 0.2) is 18.2 Å². The van der Waals surface area contributed by atoms with Gasteiger partial charge in [-0.1, -0.05) is 6.07 Å². The standard InChI is InChI=1S/C13H19F2NO/c1-9(17)4-3-7-16-10(2)12-6-5-11(14)8-13(12)15/h5-6,8-10,16-17H,3-4,7H2,1-2H3. The van der Waals surface area contributed by atoms with E-state index in [1.807, 2.05) is 6.92 Å². The molecule has 2 atom stereocenters. The van der Waals surface area contributed by atoms with Crippen molar-refractivity contribution in [2.75, 3.05) is 6.54 Å². The molecular weight excluding hydrogens is 224 g/mol. The Morgan fingerprint density at radius 1 is 1.29 bits per heavy atom. The fourth-order valence-electron chi connectivity index (χ4n) is 1.68. The first-order valence-electron chi connectivity index (χ1n) is 5.87. The van der Waals surface area contributed by atoms with Gasteiger partial charge in [0.1, 0.15) is 11.6 Å². The van der Waals surface area contributed by atoms with Crippen molar-refractivity contribution in [1.82, 2.24) is 5.32 Å². The van der Waals surface area contributed by atoms with Gasteiger partial charge in [-0.25, -0.2) is 8.78 Å². The van der Waals surface area contributed by atoms with E-state index in [4.69, 9.17) is 5.11 Å². The van der Waals surface area contributed by atoms with E-state index in [0.717, 1.165) is 12.5 Å². The molecule has 0 radical (unpaired) electrons. The Kier molecular flexibility index (Phi) is 5.51. The number of aliphatic hydroxyl groups is 1. The van der Waals surface area contributed by atoms with Crippen molar-refractivity contribution in [3.8, 4) is 0 Å². The smallest absolute Gasteiger partial charge is 0.130 e. The molecule has 1 rings (SSSR count). The molecule has 0 fully saturated rings. The zero-order valence-corrected chi connectivity index (χ0v) is 10.2. The molecule has 0 amide bonds. The predicted octanol–water partition coefficient (Wildman–Crippen LogP) is 2.78. The monoisotopic (exact) mass is 243 g/mol. The molecule has 0 aromatic heterocycles. The molecule has 2 unspecified atom stereocenters. The van der Waals surface area contributed by atoms with Crippen LogP contribution in [0.4, 0.5) is 8.78 Å². The van der Waals surface area contributed by atoms with E-state index in [1.54, 1.807) is 6.92 Å². The molecule has 1 aromatic rings. The molecule has 0 heterocycles. The van der Waals surface area contributed by atoms with Crippen LogP contribution < -0.4 is 5.32 Å². The van der Waals surface area contributed by atoms with Gasteiger partial charge in [0.2, 0.25) is 0 Å². The summed E-state index contributed by atoms with van der Waals surface area (Å²) in [5.41, 5.74) is 0.462. The van der Waals surface area contributed by atoms with Gasteiger partial charge in [-0.3, -0.25) is 0 Å². The van der Waals surface area contributed by atoms with Crippen molar-refractivity contribution in [2.24, 2.45) is 0 Å². The molecule has 0 spiro atoms. The van der Waals surface area contributed by atoms with Gasteiger partial charge in [-0.05, 0) is 39.3 Å². The predicted molar refractivity (Wildman–Crippen MR) is 63.7 cm³/mol. The van der Waals surface area contributed by atoms with Gasteiger partial charge < -0.3 is 10.4 Å². The summed E-state index contributed by atoms with van der Waals surface area (Å²) >= 11 is 0. The van der Waals surface area contributed by atoms with E-state index in [1.165, 1.54) is 12.1 Å². The van der Waals surface area contributed by atoms with Gasteiger partial charge in [0.05, 0.1) is 6.10 Å². The Hall–Kier alpha value is -1.00. The zero-order valence-electron chi connectivity index (χ0n) is 10.2. The molecule has 0 saturated heterocycles. The van der Waals surface area contributed by atoms with Crippen LogP contribution in [0.25, 0.3) is 0 Å². The number of halogens is 2. The first kappa shape index (κ1) is 14.1. The van der Waals surface area contributed by atoms with Crippen LogP contribution in [0.5, 0.6) is 0 Å². The summed E-state index contributed by atoms with van der Waals surface area (Å²) in [7, 11) is 0. The van der Waals surface area contributed by atoms with Crippen LogP contribution >= 0.6 is 0 Å². The average Bonchev–Trinajstić information content (AvgIpc) is 2.23. The number of aliphatic hydroxyl groups excluding tert-OH is 1. The minimum atomic E-state index is -0.562. The third kappa shape index (κ3) is 4.79. The largest absolute Gasteiger partial charge is 0.393 e. The van der Waals surface area contributed by atoms with Gasteiger partial charge in [0.15, 0.2) is 0 Å². The van der Waals surface area contributed by atoms with Crippen LogP contribution in [-0.2, 0) is 0 Å². The van der Waals surface area contributed by atoms with Crippen molar-refractivity contribution in [3.63, 3.8) is 0 Å². The lowest BCUT2D eigenvalue weighted by atomic mass is 10.1. The lowest BCUT2D eigenvalue weighted by molar-refractivity contribution is 0.181. The summed E-state index contributed by atoms with van der Waals surface area (Å²) in [6.45, 7) is 4.27. The molecule has 96 valence electrons. The zero-order chi connectivity index (χ0) is 12.8. The van der Waals surface area contributed by atoms with Gasteiger partial charge in [0.25, 0.3) is 0 Å². The second kappa shape index (κ2) is 6.67. The molecule has 0 aliphatic heterocycles. The Labute approximate surface area is 101 Å². The van der Waals surface area contributed by atoms with E-state index in [2.05, 4.69) is 5.32 Å². The summed E-state index contributed by atoms with van der Waals surface area (Å²) in [4.78, 5) is 0. The molecule has 0 aliphatic rings. The molecule has 0 aliphatic carbocycles. The van der Waals surface area contributed by atoms with E-state index in [0.29, 0.717) is 18.5 Å². The lowest BCUT2D eigenvalue weighted by Crippen LogP contribution is -2.21. The number of rotatable bonds is 6.